The van der Waals surface area contributed by atoms with Gasteiger partial charge in [0.1, 0.15) is 17.4 Å². The zero-order chi connectivity index (χ0) is 23.3. The molecule has 1 spiro atoms. The molecule has 1 saturated carbocycles. The van der Waals surface area contributed by atoms with Crippen LogP contribution in [0.3, 0.4) is 0 Å². The summed E-state index contributed by atoms with van der Waals surface area (Å²) in [6.07, 6.45) is 2.83. The van der Waals surface area contributed by atoms with E-state index in [2.05, 4.69) is 5.32 Å². The minimum atomic E-state index is -3.90. The van der Waals surface area contributed by atoms with Crippen LogP contribution in [0.1, 0.15) is 32.6 Å². The molecular formula is C20H24ClFN4O5S. The van der Waals surface area contributed by atoms with E-state index in [9.17, 15) is 27.2 Å². The van der Waals surface area contributed by atoms with E-state index < -0.39 is 39.4 Å². The number of piperazine rings is 1. The van der Waals surface area contributed by atoms with E-state index in [-0.39, 0.29) is 42.0 Å². The van der Waals surface area contributed by atoms with Gasteiger partial charge in [-0.05, 0) is 38.0 Å². The first kappa shape index (κ1) is 22.9. The van der Waals surface area contributed by atoms with Crippen LogP contribution in [0.4, 0.5) is 9.18 Å². The maximum absolute atomic E-state index is 13.4. The number of sulfonamides is 1. The van der Waals surface area contributed by atoms with Crippen LogP contribution in [0.5, 0.6) is 0 Å². The molecule has 9 nitrogen and oxygen atoms in total. The van der Waals surface area contributed by atoms with Crippen LogP contribution in [0.15, 0.2) is 23.1 Å². The summed E-state index contributed by atoms with van der Waals surface area (Å²) in [6.45, 7) is 1.77. The molecule has 3 aliphatic rings. The number of hydrogen-bond acceptors (Lipinski definition) is 5. The Morgan fingerprint density at radius 1 is 1.16 bits per heavy atom. The third kappa shape index (κ3) is 3.75. The van der Waals surface area contributed by atoms with Crippen molar-refractivity contribution in [2.45, 2.75) is 49.1 Å². The highest BCUT2D eigenvalue weighted by molar-refractivity contribution is 7.89. The fourth-order valence-corrected chi connectivity index (χ4v) is 6.31. The highest BCUT2D eigenvalue weighted by Crippen LogP contribution is 2.36. The second-order valence-electron chi connectivity index (χ2n) is 8.38. The van der Waals surface area contributed by atoms with Crippen LogP contribution in [-0.2, 0) is 19.6 Å². The number of hydrogen-bond donors (Lipinski definition) is 1. The van der Waals surface area contributed by atoms with Gasteiger partial charge in [-0.1, -0.05) is 24.4 Å². The fourth-order valence-electron chi connectivity index (χ4n) is 4.62. The molecule has 2 aliphatic heterocycles. The van der Waals surface area contributed by atoms with Crippen LogP contribution in [0, 0.1) is 5.82 Å². The number of nitrogens with zero attached hydrogens (tertiary/aromatic N) is 3. The Morgan fingerprint density at radius 3 is 2.38 bits per heavy atom. The van der Waals surface area contributed by atoms with E-state index in [1.54, 1.807) is 0 Å². The van der Waals surface area contributed by atoms with Crippen molar-refractivity contribution in [2.24, 2.45) is 0 Å². The second kappa shape index (κ2) is 8.27. The second-order valence-corrected chi connectivity index (χ2v) is 10.7. The van der Waals surface area contributed by atoms with Gasteiger partial charge in [0.05, 0.1) is 9.92 Å². The van der Waals surface area contributed by atoms with Crippen LogP contribution in [-0.4, -0.2) is 78.1 Å². The largest absolute Gasteiger partial charge is 0.338 e. The van der Waals surface area contributed by atoms with Crippen molar-refractivity contribution in [1.29, 1.82) is 0 Å². The molecule has 174 valence electrons. The van der Waals surface area contributed by atoms with Crippen molar-refractivity contribution >= 4 is 39.5 Å². The van der Waals surface area contributed by atoms with Gasteiger partial charge in [-0.15, -0.1) is 0 Å². The van der Waals surface area contributed by atoms with Gasteiger partial charge in [-0.2, -0.15) is 4.31 Å². The average molecular weight is 487 g/mol. The molecular weight excluding hydrogens is 463 g/mol. The Morgan fingerprint density at radius 2 is 1.78 bits per heavy atom. The number of nitrogens with one attached hydrogen (secondary N) is 1. The number of carbonyl (C=O) groups is 3. The van der Waals surface area contributed by atoms with Crippen LogP contribution in [0.25, 0.3) is 0 Å². The molecule has 1 aliphatic carbocycles. The third-order valence-corrected chi connectivity index (χ3v) is 8.66. The van der Waals surface area contributed by atoms with Gasteiger partial charge in [0.2, 0.25) is 15.9 Å². The van der Waals surface area contributed by atoms with Crippen molar-refractivity contribution in [2.75, 3.05) is 26.2 Å². The molecule has 1 atom stereocenters. The Kier molecular flexibility index (Phi) is 5.93. The molecule has 0 aromatic heterocycles. The molecule has 3 fully saturated rings. The van der Waals surface area contributed by atoms with Crippen LogP contribution in [0.2, 0.25) is 5.02 Å². The maximum atomic E-state index is 13.4. The maximum Gasteiger partial charge on any atom is 0.325 e. The lowest BCUT2D eigenvalue weighted by molar-refractivity contribution is -0.143. The average Bonchev–Trinajstić information content (AvgIpc) is 3.33. The minimum absolute atomic E-state index is 0.0276. The van der Waals surface area contributed by atoms with E-state index in [0.717, 1.165) is 35.9 Å². The molecule has 32 heavy (non-hydrogen) atoms. The first-order chi connectivity index (χ1) is 15.1. The third-order valence-electron chi connectivity index (χ3n) is 6.47. The van der Waals surface area contributed by atoms with E-state index in [4.69, 9.17) is 11.6 Å². The summed E-state index contributed by atoms with van der Waals surface area (Å²) in [4.78, 5) is 40.7. The molecule has 1 N–H and O–H groups in total. The van der Waals surface area contributed by atoms with E-state index in [0.29, 0.717) is 12.8 Å². The predicted molar refractivity (Wildman–Crippen MR) is 113 cm³/mol. The molecule has 2 heterocycles. The van der Waals surface area contributed by atoms with E-state index in [1.807, 2.05) is 0 Å². The van der Waals surface area contributed by atoms with Crippen LogP contribution < -0.4 is 5.32 Å². The fraction of sp³-hybridized carbons (Fsp3) is 0.550. The Bertz CT molecular complexity index is 1070. The number of halogens is 2. The molecule has 1 unspecified atom stereocenters. The smallest absolute Gasteiger partial charge is 0.325 e. The summed E-state index contributed by atoms with van der Waals surface area (Å²) >= 11 is 5.71. The molecule has 0 radical (unpaired) electrons. The number of benzene rings is 1. The summed E-state index contributed by atoms with van der Waals surface area (Å²) in [5.74, 6) is -1.49. The zero-order valence-electron chi connectivity index (χ0n) is 17.5. The Labute approximate surface area is 190 Å². The van der Waals surface area contributed by atoms with Gasteiger partial charge in [0, 0.05) is 26.2 Å². The summed E-state index contributed by atoms with van der Waals surface area (Å²) in [6, 6.07) is 1.65. The lowest BCUT2D eigenvalue weighted by Crippen LogP contribution is -2.56. The van der Waals surface area contributed by atoms with Gasteiger partial charge in [0.15, 0.2) is 0 Å². The highest BCUT2D eigenvalue weighted by atomic mass is 35.5. The number of urea groups is 1. The summed E-state index contributed by atoms with van der Waals surface area (Å²) in [5.41, 5.74) is -0.894. The Hall–Kier alpha value is -2.24. The van der Waals surface area contributed by atoms with Crippen molar-refractivity contribution in [3.8, 4) is 0 Å². The van der Waals surface area contributed by atoms with Gasteiger partial charge < -0.3 is 10.2 Å². The highest BCUT2D eigenvalue weighted by Gasteiger charge is 2.55. The van der Waals surface area contributed by atoms with Crippen molar-refractivity contribution in [1.82, 2.24) is 19.4 Å². The SMILES string of the molecule is CC(C(=O)N1CCN(S(=O)(=O)c2ccc(F)c(Cl)c2)CC1)N1C(=O)NC2(CCCC2)C1=O. The van der Waals surface area contributed by atoms with Crippen molar-refractivity contribution in [3.63, 3.8) is 0 Å². The van der Waals surface area contributed by atoms with Crippen molar-refractivity contribution < 1.29 is 27.2 Å². The lowest BCUT2D eigenvalue weighted by Gasteiger charge is -2.36. The topological polar surface area (TPSA) is 107 Å². The van der Waals surface area contributed by atoms with Crippen LogP contribution >= 0.6 is 11.6 Å². The molecule has 12 heteroatoms. The Balaban J connectivity index is 1.41. The normalized spacial score (nSPS) is 22.5. The van der Waals surface area contributed by atoms with Gasteiger partial charge in [-0.25, -0.2) is 22.5 Å². The number of carbonyl (C=O) groups excluding carboxylic acids is 3. The number of amides is 4. The monoisotopic (exact) mass is 486 g/mol. The first-order valence-corrected chi connectivity index (χ1v) is 12.3. The quantitative estimate of drug-likeness (QED) is 0.650. The molecule has 0 bridgehead atoms. The summed E-state index contributed by atoms with van der Waals surface area (Å²) in [7, 11) is -3.90. The zero-order valence-corrected chi connectivity index (χ0v) is 19.1. The molecule has 1 aromatic carbocycles. The number of rotatable bonds is 4. The summed E-state index contributed by atoms with van der Waals surface area (Å²) in [5, 5.41) is 2.47. The molecule has 4 amide bonds. The molecule has 1 aromatic rings. The first-order valence-electron chi connectivity index (χ1n) is 10.5. The molecule has 4 rings (SSSR count). The predicted octanol–water partition coefficient (Wildman–Crippen LogP) is 1.57. The van der Waals surface area contributed by atoms with Crippen molar-refractivity contribution in [3.05, 3.63) is 29.0 Å². The molecule has 2 saturated heterocycles. The minimum Gasteiger partial charge on any atom is -0.338 e. The van der Waals surface area contributed by atoms with Gasteiger partial charge >= 0.3 is 6.03 Å². The lowest BCUT2D eigenvalue weighted by atomic mass is 9.97. The number of imide groups is 1. The van der Waals surface area contributed by atoms with E-state index in [1.165, 1.54) is 16.1 Å². The summed E-state index contributed by atoms with van der Waals surface area (Å²) < 4.78 is 40.3. The van der Waals surface area contributed by atoms with E-state index >= 15 is 0 Å². The van der Waals surface area contributed by atoms with Gasteiger partial charge in [-0.3, -0.25) is 9.59 Å². The standard InChI is InChI=1S/C20H24ClFN4O5S/c1-13(26-18(28)20(23-19(26)29)6-2-3-7-20)17(27)24-8-10-25(11-9-24)32(30,31)14-4-5-16(22)15(21)12-14/h4-5,12-13H,2-3,6-11H2,1H3,(H,23,29). The van der Waals surface area contributed by atoms with Gasteiger partial charge in [0.25, 0.3) is 5.91 Å².